The van der Waals surface area contributed by atoms with E-state index < -0.39 is 0 Å². The van der Waals surface area contributed by atoms with Gasteiger partial charge in [-0.1, -0.05) is 0 Å². The molecule has 0 aromatic carbocycles. The van der Waals surface area contributed by atoms with Crippen LogP contribution in [0.4, 0.5) is 0 Å². The van der Waals surface area contributed by atoms with Crippen molar-refractivity contribution >= 4 is 35.8 Å². The molecule has 2 rings (SSSR count). The van der Waals surface area contributed by atoms with Gasteiger partial charge in [-0.05, 0) is 46.2 Å². The van der Waals surface area contributed by atoms with Crippen LogP contribution in [0.25, 0.3) is 0 Å². The van der Waals surface area contributed by atoms with Crippen molar-refractivity contribution in [2.24, 2.45) is 12.0 Å². The van der Waals surface area contributed by atoms with Gasteiger partial charge in [0.1, 0.15) is 0 Å². The Balaban J connectivity index is 0.00000312. The van der Waals surface area contributed by atoms with E-state index in [1.165, 1.54) is 5.56 Å². The fraction of sp³-hybridized carbons (Fsp3) is 0.667. The van der Waals surface area contributed by atoms with Crippen LogP contribution in [0.15, 0.2) is 23.5 Å². The van der Waals surface area contributed by atoms with Crippen molar-refractivity contribution in [2.75, 3.05) is 19.6 Å². The molecule has 2 heterocycles. The summed E-state index contributed by atoms with van der Waals surface area (Å²) in [5, 5.41) is 3.33. The first-order chi connectivity index (χ1) is 11.2. The van der Waals surface area contributed by atoms with Crippen LogP contribution in [0.3, 0.4) is 0 Å². The highest BCUT2D eigenvalue weighted by Crippen LogP contribution is 2.24. The monoisotopic (exact) mass is 461 g/mol. The van der Waals surface area contributed by atoms with Crippen LogP contribution < -0.4 is 5.32 Å². The van der Waals surface area contributed by atoms with Gasteiger partial charge in [0.25, 0.3) is 0 Å². The number of hydrogen-bond donors (Lipinski definition) is 1. The number of aliphatic imine (C=N–C) groups is 1. The molecule has 0 spiro atoms. The molecule has 1 aliphatic rings. The van der Waals surface area contributed by atoms with Crippen molar-refractivity contribution in [3.63, 3.8) is 0 Å². The summed E-state index contributed by atoms with van der Waals surface area (Å²) in [6.45, 7) is 13.0. The lowest BCUT2D eigenvalue weighted by atomic mass is 9.96. The molecule has 1 aromatic rings. The van der Waals surface area contributed by atoms with Gasteiger partial charge < -0.3 is 19.7 Å². The summed E-state index contributed by atoms with van der Waals surface area (Å²) in [5.41, 5.74) is 0.950. The summed E-state index contributed by atoms with van der Waals surface area (Å²) in [6.07, 6.45) is 4.09. The quantitative estimate of drug-likeness (QED) is 0.426. The molecule has 0 atom stereocenters. The van der Waals surface area contributed by atoms with Crippen molar-refractivity contribution in [3.05, 3.63) is 24.0 Å². The van der Waals surface area contributed by atoms with E-state index in [0.29, 0.717) is 13.1 Å². The highest BCUT2D eigenvalue weighted by Gasteiger charge is 2.40. The zero-order valence-electron chi connectivity index (χ0n) is 16.2. The SMILES string of the molecule is CCNC(=NCc1ccn(C)c1)N1CC(=O)N(C(C)C)C(C)(C)C1.I. The Bertz CT molecular complexity index is 608. The van der Waals surface area contributed by atoms with E-state index in [1.807, 2.05) is 22.7 Å². The molecule has 25 heavy (non-hydrogen) atoms. The van der Waals surface area contributed by atoms with Gasteiger partial charge in [0, 0.05) is 38.6 Å². The maximum Gasteiger partial charge on any atom is 0.242 e. The molecule has 1 aliphatic heterocycles. The van der Waals surface area contributed by atoms with Crippen molar-refractivity contribution in [3.8, 4) is 0 Å². The number of amides is 1. The van der Waals surface area contributed by atoms with Crippen molar-refractivity contribution in [1.29, 1.82) is 0 Å². The number of aromatic nitrogens is 1. The third kappa shape index (κ3) is 5.36. The molecule has 1 aromatic heterocycles. The van der Waals surface area contributed by atoms with E-state index in [2.05, 4.69) is 57.1 Å². The third-order valence-corrected chi connectivity index (χ3v) is 4.28. The number of nitrogens with one attached hydrogen (secondary N) is 1. The van der Waals surface area contributed by atoms with Gasteiger partial charge >= 0.3 is 0 Å². The molecule has 0 bridgehead atoms. The second-order valence-corrected chi connectivity index (χ2v) is 7.38. The Morgan fingerprint density at radius 2 is 2.08 bits per heavy atom. The molecule has 0 aliphatic carbocycles. The van der Waals surface area contributed by atoms with Crippen molar-refractivity contribution in [1.82, 2.24) is 19.7 Å². The van der Waals surface area contributed by atoms with Crippen LogP contribution >= 0.6 is 24.0 Å². The van der Waals surface area contributed by atoms with Crippen LogP contribution in [0, 0.1) is 0 Å². The number of carbonyl (C=O) groups excluding carboxylic acids is 1. The second-order valence-electron chi connectivity index (χ2n) is 7.38. The fourth-order valence-electron chi connectivity index (χ4n) is 3.56. The summed E-state index contributed by atoms with van der Waals surface area (Å²) in [5.74, 6) is 0.970. The fourth-order valence-corrected chi connectivity index (χ4v) is 3.56. The van der Waals surface area contributed by atoms with E-state index in [1.54, 1.807) is 0 Å². The van der Waals surface area contributed by atoms with Gasteiger partial charge in [-0.2, -0.15) is 0 Å². The number of hydrogen-bond acceptors (Lipinski definition) is 2. The number of halogens is 1. The number of carbonyl (C=O) groups is 1. The zero-order chi connectivity index (χ0) is 17.9. The first-order valence-corrected chi connectivity index (χ1v) is 8.71. The number of rotatable bonds is 4. The minimum atomic E-state index is -0.216. The van der Waals surface area contributed by atoms with Crippen LogP contribution in [0.1, 0.15) is 40.2 Å². The molecule has 142 valence electrons. The maximum atomic E-state index is 12.6. The Morgan fingerprint density at radius 3 is 2.56 bits per heavy atom. The largest absolute Gasteiger partial charge is 0.357 e. The first kappa shape index (κ1) is 21.8. The Morgan fingerprint density at radius 1 is 1.40 bits per heavy atom. The topological polar surface area (TPSA) is 52.9 Å². The van der Waals surface area contributed by atoms with Gasteiger partial charge in [0.2, 0.25) is 5.91 Å². The zero-order valence-corrected chi connectivity index (χ0v) is 18.6. The summed E-state index contributed by atoms with van der Waals surface area (Å²) in [6, 6.07) is 2.28. The highest BCUT2D eigenvalue weighted by atomic mass is 127. The molecule has 7 heteroatoms. The summed E-state index contributed by atoms with van der Waals surface area (Å²) >= 11 is 0. The summed E-state index contributed by atoms with van der Waals surface area (Å²) < 4.78 is 2.02. The number of nitrogens with zero attached hydrogens (tertiary/aromatic N) is 4. The number of guanidine groups is 1. The Hall–Kier alpha value is -1.25. The minimum Gasteiger partial charge on any atom is -0.357 e. The molecule has 1 amide bonds. The molecule has 1 fully saturated rings. The Labute approximate surface area is 168 Å². The molecule has 0 saturated carbocycles. The molecular weight excluding hydrogens is 429 g/mol. The van der Waals surface area contributed by atoms with Crippen LogP contribution in [0.2, 0.25) is 0 Å². The predicted octanol–water partition coefficient (Wildman–Crippen LogP) is 2.44. The Kier molecular flexibility index (Phi) is 7.77. The molecule has 6 nitrogen and oxygen atoms in total. The summed E-state index contributed by atoms with van der Waals surface area (Å²) in [4.78, 5) is 21.5. The smallest absolute Gasteiger partial charge is 0.242 e. The average molecular weight is 461 g/mol. The first-order valence-electron chi connectivity index (χ1n) is 8.71. The van der Waals surface area contributed by atoms with Gasteiger partial charge in [-0.25, -0.2) is 4.99 Å². The lowest BCUT2D eigenvalue weighted by molar-refractivity contribution is -0.145. The standard InChI is InChI=1S/C18H31N5O.HI/c1-7-19-17(20-10-15-8-9-21(6)11-15)22-12-16(24)23(14(2)3)18(4,5)13-22;/h8-9,11,14H,7,10,12-13H2,1-6H3,(H,19,20);1H. The van der Waals surface area contributed by atoms with E-state index in [4.69, 9.17) is 4.99 Å². The molecule has 0 unspecified atom stereocenters. The molecule has 1 N–H and O–H groups in total. The number of piperazine rings is 1. The van der Waals surface area contributed by atoms with Crippen LogP contribution in [-0.4, -0.2) is 57.4 Å². The normalized spacial score (nSPS) is 17.7. The van der Waals surface area contributed by atoms with Crippen molar-refractivity contribution in [2.45, 2.75) is 52.7 Å². The van der Waals surface area contributed by atoms with Crippen LogP contribution in [-0.2, 0) is 18.4 Å². The van der Waals surface area contributed by atoms with Crippen molar-refractivity contribution < 1.29 is 4.79 Å². The lowest BCUT2D eigenvalue weighted by Crippen LogP contribution is -2.66. The molecule has 0 radical (unpaired) electrons. The van der Waals surface area contributed by atoms with Gasteiger partial charge in [-0.3, -0.25) is 4.79 Å². The lowest BCUT2D eigenvalue weighted by Gasteiger charge is -2.49. The van der Waals surface area contributed by atoms with E-state index >= 15 is 0 Å². The van der Waals surface area contributed by atoms with E-state index in [9.17, 15) is 4.79 Å². The van der Waals surface area contributed by atoms with Gasteiger partial charge in [0.15, 0.2) is 5.96 Å². The van der Waals surface area contributed by atoms with E-state index in [0.717, 1.165) is 19.0 Å². The maximum absolute atomic E-state index is 12.6. The van der Waals surface area contributed by atoms with Gasteiger partial charge in [0.05, 0.1) is 18.6 Å². The van der Waals surface area contributed by atoms with Gasteiger partial charge in [-0.15, -0.1) is 24.0 Å². The third-order valence-electron chi connectivity index (χ3n) is 4.28. The minimum absolute atomic E-state index is 0. The molecular formula is C18H32IN5O. The van der Waals surface area contributed by atoms with E-state index in [-0.39, 0.29) is 41.5 Å². The molecule has 1 saturated heterocycles. The summed E-state index contributed by atoms with van der Waals surface area (Å²) in [7, 11) is 2.00. The predicted molar refractivity (Wildman–Crippen MR) is 113 cm³/mol. The highest BCUT2D eigenvalue weighted by molar-refractivity contribution is 14.0. The second kappa shape index (κ2) is 8.91. The van der Waals surface area contributed by atoms with Crippen LogP contribution in [0.5, 0.6) is 0 Å². The number of aryl methyl sites for hydroxylation is 1. The average Bonchev–Trinajstić information content (AvgIpc) is 2.86.